The Kier molecular flexibility index (Phi) is 6.57. The minimum atomic E-state index is -3.80. The van der Waals surface area contributed by atoms with E-state index in [0.29, 0.717) is 6.54 Å². The van der Waals surface area contributed by atoms with Gasteiger partial charge in [0.25, 0.3) is 10.0 Å². The lowest BCUT2D eigenvalue weighted by Gasteiger charge is -2.15. The lowest BCUT2D eigenvalue weighted by molar-refractivity contribution is 0.0687. The third-order valence-corrected chi connectivity index (χ3v) is 5.88. The summed E-state index contributed by atoms with van der Waals surface area (Å²) in [5, 5.41) is 8.91. The first-order valence-corrected chi connectivity index (χ1v) is 8.95. The maximum Gasteiger partial charge on any atom is 0.356 e. The fraction of sp³-hybridized carbons (Fsp3) is 0.667. The Bertz CT molecular complexity index is 539. The maximum atomic E-state index is 12.1. The van der Waals surface area contributed by atoms with Crippen LogP contribution in [0.25, 0.3) is 0 Å². The van der Waals surface area contributed by atoms with E-state index < -0.39 is 21.7 Å². The number of nitrogens with zero attached hydrogens (tertiary/aromatic N) is 1. The van der Waals surface area contributed by atoms with Gasteiger partial charge in [0.05, 0.1) is 5.51 Å². The molecule has 1 aromatic rings. The van der Waals surface area contributed by atoms with Crippen molar-refractivity contribution in [3.05, 3.63) is 11.2 Å². The van der Waals surface area contributed by atoms with Gasteiger partial charge in [-0.05, 0) is 12.3 Å². The highest BCUT2D eigenvalue weighted by Gasteiger charge is 2.26. The molecule has 0 saturated carbocycles. The average molecular weight is 320 g/mol. The van der Waals surface area contributed by atoms with Crippen LogP contribution in [0.15, 0.2) is 9.72 Å². The molecule has 0 radical (unpaired) electrons. The lowest BCUT2D eigenvalue weighted by Crippen LogP contribution is -2.29. The number of aromatic nitrogens is 1. The Labute approximate surface area is 123 Å². The molecule has 0 bridgehead atoms. The van der Waals surface area contributed by atoms with E-state index in [1.165, 1.54) is 5.51 Å². The molecule has 0 aromatic carbocycles. The highest BCUT2D eigenvalue weighted by molar-refractivity contribution is 7.91. The highest BCUT2D eigenvalue weighted by atomic mass is 32.2. The third-order valence-electron chi connectivity index (χ3n) is 3.09. The van der Waals surface area contributed by atoms with Gasteiger partial charge in [-0.3, -0.25) is 0 Å². The second-order valence-electron chi connectivity index (χ2n) is 4.56. The monoisotopic (exact) mass is 320 g/mol. The number of carboxylic acids is 1. The van der Waals surface area contributed by atoms with E-state index in [4.69, 9.17) is 5.11 Å². The van der Waals surface area contributed by atoms with Crippen LogP contribution in [0.1, 0.15) is 50.0 Å². The van der Waals surface area contributed by atoms with Crippen molar-refractivity contribution in [2.45, 2.75) is 43.7 Å². The quantitative estimate of drug-likeness (QED) is 0.728. The first-order valence-electron chi connectivity index (χ1n) is 6.58. The van der Waals surface area contributed by atoms with Crippen molar-refractivity contribution in [3.63, 3.8) is 0 Å². The van der Waals surface area contributed by atoms with Crippen LogP contribution in [0.5, 0.6) is 0 Å². The number of carboxylic acid groups (broad SMARTS) is 1. The molecule has 20 heavy (non-hydrogen) atoms. The Morgan fingerprint density at radius 3 is 2.75 bits per heavy atom. The Balaban J connectivity index is 2.74. The predicted octanol–water partition coefficient (Wildman–Crippen LogP) is 2.34. The van der Waals surface area contributed by atoms with Gasteiger partial charge in [0, 0.05) is 6.54 Å². The molecule has 6 nitrogen and oxygen atoms in total. The van der Waals surface area contributed by atoms with Crippen molar-refractivity contribution in [1.82, 2.24) is 9.71 Å². The molecular formula is C12H20N2O4S2. The summed E-state index contributed by atoms with van der Waals surface area (Å²) in [4.78, 5) is 14.5. The van der Waals surface area contributed by atoms with Crippen LogP contribution in [0.2, 0.25) is 0 Å². The van der Waals surface area contributed by atoms with E-state index >= 15 is 0 Å². The molecular weight excluding hydrogens is 300 g/mol. The fourth-order valence-electron chi connectivity index (χ4n) is 1.81. The van der Waals surface area contributed by atoms with E-state index in [1.54, 1.807) is 0 Å². The van der Waals surface area contributed by atoms with Crippen LogP contribution < -0.4 is 4.72 Å². The topological polar surface area (TPSA) is 96.4 Å². The van der Waals surface area contributed by atoms with E-state index in [0.717, 1.165) is 37.0 Å². The number of unbranched alkanes of at least 4 members (excludes halogenated alkanes) is 1. The number of rotatable bonds is 9. The first kappa shape index (κ1) is 17.1. The first-order chi connectivity index (χ1) is 9.42. The van der Waals surface area contributed by atoms with Crippen molar-refractivity contribution >= 4 is 27.3 Å². The molecule has 0 aliphatic heterocycles. The summed E-state index contributed by atoms with van der Waals surface area (Å²) in [6.07, 6.45) is 3.98. The van der Waals surface area contributed by atoms with Crippen molar-refractivity contribution in [1.29, 1.82) is 0 Å². The standard InChI is InChI=1S/C12H20N2O4S2/c1-3-5-6-9(4-2)7-14-20(17,18)12-10(11(15)16)13-8-19-12/h8-9,14H,3-7H2,1-2H3,(H,15,16). The zero-order chi connectivity index (χ0) is 15.2. The Morgan fingerprint density at radius 2 is 2.20 bits per heavy atom. The molecule has 114 valence electrons. The fourth-order valence-corrected chi connectivity index (χ4v) is 4.10. The van der Waals surface area contributed by atoms with Gasteiger partial charge in [0.1, 0.15) is 0 Å². The number of aromatic carboxylic acids is 1. The minimum absolute atomic E-state index is 0.227. The van der Waals surface area contributed by atoms with Crippen LogP contribution in [0.3, 0.4) is 0 Å². The number of hydrogen-bond acceptors (Lipinski definition) is 5. The molecule has 0 saturated heterocycles. The highest BCUT2D eigenvalue weighted by Crippen LogP contribution is 2.20. The number of sulfonamides is 1. The van der Waals surface area contributed by atoms with Gasteiger partial charge in [-0.15, -0.1) is 11.3 Å². The molecule has 8 heteroatoms. The normalized spacial score (nSPS) is 13.3. The largest absolute Gasteiger partial charge is 0.476 e. The lowest BCUT2D eigenvalue weighted by atomic mass is 10.00. The van der Waals surface area contributed by atoms with Gasteiger partial charge in [-0.25, -0.2) is 22.9 Å². The number of thiazole rings is 1. The minimum Gasteiger partial charge on any atom is -0.476 e. The number of nitrogens with one attached hydrogen (secondary N) is 1. The van der Waals surface area contributed by atoms with Crippen LogP contribution in [0.4, 0.5) is 0 Å². The molecule has 2 N–H and O–H groups in total. The average Bonchev–Trinajstić information content (AvgIpc) is 2.89. The SMILES string of the molecule is CCCCC(CC)CNS(=O)(=O)c1scnc1C(=O)O. The van der Waals surface area contributed by atoms with Crippen LogP contribution in [-0.2, 0) is 10.0 Å². The number of hydrogen-bond donors (Lipinski definition) is 2. The van der Waals surface area contributed by atoms with Crippen LogP contribution >= 0.6 is 11.3 Å². The summed E-state index contributed by atoms with van der Waals surface area (Å²) in [5.74, 6) is -1.06. The second kappa shape index (κ2) is 7.70. The zero-order valence-electron chi connectivity index (χ0n) is 11.6. The molecule has 0 aliphatic rings. The van der Waals surface area contributed by atoms with Crippen molar-refractivity contribution < 1.29 is 18.3 Å². The summed E-state index contributed by atoms with van der Waals surface area (Å²) in [6.45, 7) is 4.44. The molecule has 0 fully saturated rings. The number of carbonyl (C=O) groups is 1. The maximum absolute atomic E-state index is 12.1. The van der Waals surface area contributed by atoms with Gasteiger partial charge in [-0.1, -0.05) is 33.1 Å². The molecule has 1 rings (SSSR count). The van der Waals surface area contributed by atoms with E-state index in [2.05, 4.69) is 16.6 Å². The smallest absolute Gasteiger partial charge is 0.356 e. The van der Waals surface area contributed by atoms with E-state index in [9.17, 15) is 13.2 Å². The zero-order valence-corrected chi connectivity index (χ0v) is 13.3. The van der Waals surface area contributed by atoms with Crippen LogP contribution in [-0.4, -0.2) is 31.0 Å². The van der Waals surface area contributed by atoms with E-state index in [-0.39, 0.29) is 10.1 Å². The molecule has 0 aliphatic carbocycles. The Morgan fingerprint density at radius 1 is 1.50 bits per heavy atom. The summed E-state index contributed by atoms with van der Waals surface area (Å²) >= 11 is 0.820. The summed E-state index contributed by atoms with van der Waals surface area (Å²) in [5.41, 5.74) is 0.816. The van der Waals surface area contributed by atoms with E-state index in [1.807, 2.05) is 6.92 Å². The van der Waals surface area contributed by atoms with Gasteiger partial charge >= 0.3 is 5.97 Å². The molecule has 0 spiro atoms. The summed E-state index contributed by atoms with van der Waals surface area (Å²) < 4.78 is 26.5. The van der Waals surface area contributed by atoms with Crippen LogP contribution in [0, 0.1) is 5.92 Å². The third kappa shape index (κ3) is 4.53. The molecule has 1 aromatic heterocycles. The van der Waals surface area contributed by atoms with Crippen molar-refractivity contribution in [3.8, 4) is 0 Å². The molecule has 1 unspecified atom stereocenters. The van der Waals surface area contributed by atoms with Crippen molar-refractivity contribution in [2.24, 2.45) is 5.92 Å². The summed E-state index contributed by atoms with van der Waals surface area (Å²) in [7, 11) is -3.80. The predicted molar refractivity (Wildman–Crippen MR) is 77.6 cm³/mol. The Hall–Kier alpha value is -0.990. The van der Waals surface area contributed by atoms with Gasteiger partial charge in [-0.2, -0.15) is 0 Å². The molecule has 1 atom stereocenters. The van der Waals surface area contributed by atoms with Crippen molar-refractivity contribution in [2.75, 3.05) is 6.54 Å². The van der Waals surface area contributed by atoms with Gasteiger partial charge < -0.3 is 5.11 Å². The van der Waals surface area contributed by atoms with Gasteiger partial charge in [0.2, 0.25) is 0 Å². The summed E-state index contributed by atoms with van der Waals surface area (Å²) in [6, 6.07) is 0. The second-order valence-corrected chi connectivity index (χ2v) is 7.38. The van der Waals surface area contributed by atoms with Gasteiger partial charge in [0.15, 0.2) is 9.90 Å². The molecule has 0 amide bonds. The molecule has 1 heterocycles.